The van der Waals surface area contributed by atoms with E-state index in [4.69, 9.17) is 9.15 Å². The Bertz CT molecular complexity index is 1290. The van der Waals surface area contributed by atoms with Crippen molar-refractivity contribution in [3.63, 3.8) is 0 Å². The number of fused-ring (bicyclic) bond motifs is 1. The minimum absolute atomic E-state index is 0.145. The lowest BCUT2D eigenvalue weighted by Crippen LogP contribution is -2.27. The van der Waals surface area contributed by atoms with E-state index >= 15 is 0 Å². The summed E-state index contributed by atoms with van der Waals surface area (Å²) in [5.41, 5.74) is 3.29. The maximum Gasteiger partial charge on any atom is 0.277 e. The average molecular weight is 420 g/mol. The number of methoxy groups -OCH3 is 1. The smallest absolute Gasteiger partial charge is 0.277 e. The third-order valence-corrected chi connectivity index (χ3v) is 5.45. The van der Waals surface area contributed by atoms with Crippen LogP contribution >= 0.6 is 0 Å². The quantitative estimate of drug-likeness (QED) is 0.497. The Labute approximate surface area is 179 Å². The molecule has 0 spiro atoms. The summed E-state index contributed by atoms with van der Waals surface area (Å²) in [6, 6.07) is 13.0. The van der Waals surface area contributed by atoms with E-state index < -0.39 is 0 Å². The van der Waals surface area contributed by atoms with Crippen molar-refractivity contribution in [1.29, 1.82) is 0 Å². The fraction of sp³-hybridized carbons (Fsp3) is 0.261. The van der Waals surface area contributed by atoms with Crippen molar-refractivity contribution in [1.82, 2.24) is 19.5 Å². The molecule has 0 saturated heterocycles. The minimum atomic E-state index is -0.217. The van der Waals surface area contributed by atoms with E-state index in [1.807, 2.05) is 48.9 Å². The first kappa shape index (κ1) is 20.5. The molecule has 8 heteroatoms. The van der Waals surface area contributed by atoms with E-state index in [2.05, 4.69) is 10.4 Å². The summed E-state index contributed by atoms with van der Waals surface area (Å²) in [5, 5.41) is 7.35. The van der Waals surface area contributed by atoms with Crippen LogP contribution in [0.25, 0.3) is 16.9 Å². The van der Waals surface area contributed by atoms with Gasteiger partial charge in [-0.25, -0.2) is 0 Å². The number of furan rings is 1. The standard InChI is InChI=1S/C23H24N4O4/c1-15-17(10-11-21(28)24-14-16-7-6-12-31-16)23(29)27-22(26(15)2)13-19(25-27)18-8-4-5-9-20(18)30-3/h4-9,12-13H,10-11,14H2,1-3H3,(H,24,28). The highest BCUT2D eigenvalue weighted by Gasteiger charge is 2.18. The second-order valence-corrected chi connectivity index (χ2v) is 7.28. The number of ether oxygens (including phenoxy) is 1. The van der Waals surface area contributed by atoms with E-state index in [9.17, 15) is 9.59 Å². The van der Waals surface area contributed by atoms with Crippen LogP contribution < -0.4 is 15.6 Å². The second kappa shape index (κ2) is 8.51. The molecule has 0 aliphatic rings. The van der Waals surface area contributed by atoms with Gasteiger partial charge in [0.25, 0.3) is 5.56 Å². The van der Waals surface area contributed by atoms with Crippen LogP contribution in [0.15, 0.2) is 57.9 Å². The molecule has 0 unspecified atom stereocenters. The van der Waals surface area contributed by atoms with Crippen molar-refractivity contribution in [2.75, 3.05) is 7.11 Å². The van der Waals surface area contributed by atoms with E-state index in [-0.39, 0.29) is 17.9 Å². The molecule has 0 atom stereocenters. The molecule has 4 rings (SSSR count). The van der Waals surface area contributed by atoms with Crippen LogP contribution in [0.4, 0.5) is 0 Å². The second-order valence-electron chi connectivity index (χ2n) is 7.28. The molecule has 160 valence electrons. The fourth-order valence-corrected chi connectivity index (χ4v) is 3.62. The number of carbonyl (C=O) groups is 1. The largest absolute Gasteiger partial charge is 0.496 e. The van der Waals surface area contributed by atoms with Crippen LogP contribution in [0.2, 0.25) is 0 Å². The highest BCUT2D eigenvalue weighted by molar-refractivity contribution is 5.76. The molecule has 0 aliphatic carbocycles. The first-order chi connectivity index (χ1) is 15.0. The maximum absolute atomic E-state index is 13.2. The van der Waals surface area contributed by atoms with E-state index in [0.717, 1.165) is 11.3 Å². The van der Waals surface area contributed by atoms with Gasteiger partial charge in [-0.05, 0) is 37.6 Å². The van der Waals surface area contributed by atoms with Gasteiger partial charge in [-0.15, -0.1) is 0 Å². The lowest BCUT2D eigenvalue weighted by Gasteiger charge is -2.12. The molecule has 0 radical (unpaired) electrons. The molecule has 1 N–H and O–H groups in total. The Morgan fingerprint density at radius 3 is 2.77 bits per heavy atom. The Kier molecular flexibility index (Phi) is 5.62. The zero-order valence-electron chi connectivity index (χ0n) is 17.7. The van der Waals surface area contributed by atoms with Gasteiger partial charge in [-0.1, -0.05) is 12.1 Å². The summed E-state index contributed by atoms with van der Waals surface area (Å²) in [6.07, 6.45) is 2.08. The summed E-state index contributed by atoms with van der Waals surface area (Å²) in [5.74, 6) is 1.22. The lowest BCUT2D eigenvalue weighted by molar-refractivity contribution is -0.121. The van der Waals surface area contributed by atoms with Crippen LogP contribution in [0.1, 0.15) is 23.4 Å². The minimum Gasteiger partial charge on any atom is -0.496 e. The van der Waals surface area contributed by atoms with Crippen molar-refractivity contribution in [3.8, 4) is 17.0 Å². The average Bonchev–Trinajstić information content (AvgIpc) is 3.46. The summed E-state index contributed by atoms with van der Waals surface area (Å²) in [6.45, 7) is 2.20. The number of hydrogen-bond acceptors (Lipinski definition) is 5. The summed E-state index contributed by atoms with van der Waals surface area (Å²) >= 11 is 0. The number of carbonyl (C=O) groups excluding carboxylic acids is 1. The van der Waals surface area contributed by atoms with Gasteiger partial charge in [0.05, 0.1) is 25.6 Å². The predicted molar refractivity (Wildman–Crippen MR) is 116 cm³/mol. The number of nitrogens with zero attached hydrogens (tertiary/aromatic N) is 3. The first-order valence-corrected chi connectivity index (χ1v) is 10.00. The molecule has 31 heavy (non-hydrogen) atoms. The third-order valence-electron chi connectivity index (χ3n) is 5.45. The number of aryl methyl sites for hydroxylation is 1. The van der Waals surface area contributed by atoms with Gasteiger partial charge in [0, 0.05) is 36.4 Å². The van der Waals surface area contributed by atoms with Crippen LogP contribution in [-0.4, -0.2) is 27.2 Å². The number of para-hydroxylation sites is 1. The molecule has 0 fully saturated rings. The van der Waals surface area contributed by atoms with Crippen molar-refractivity contribution in [2.45, 2.75) is 26.3 Å². The summed E-state index contributed by atoms with van der Waals surface area (Å²) < 4.78 is 14.0. The van der Waals surface area contributed by atoms with Crippen LogP contribution in [0.3, 0.4) is 0 Å². The zero-order valence-corrected chi connectivity index (χ0v) is 17.7. The van der Waals surface area contributed by atoms with Gasteiger partial charge in [0.1, 0.15) is 17.2 Å². The molecule has 3 heterocycles. The van der Waals surface area contributed by atoms with Crippen molar-refractivity contribution in [3.05, 3.63) is 76.1 Å². The van der Waals surface area contributed by atoms with Crippen molar-refractivity contribution in [2.24, 2.45) is 7.05 Å². The number of benzene rings is 1. The van der Waals surface area contributed by atoms with E-state index in [1.165, 1.54) is 4.52 Å². The van der Waals surface area contributed by atoms with Crippen LogP contribution in [0, 0.1) is 6.92 Å². The molecular weight excluding hydrogens is 396 g/mol. The molecule has 0 aliphatic heterocycles. The summed E-state index contributed by atoms with van der Waals surface area (Å²) in [7, 11) is 3.49. The molecule has 0 bridgehead atoms. The fourth-order valence-electron chi connectivity index (χ4n) is 3.62. The van der Waals surface area contributed by atoms with Gasteiger partial charge < -0.3 is 19.0 Å². The third kappa shape index (κ3) is 3.96. The first-order valence-electron chi connectivity index (χ1n) is 10.00. The highest BCUT2D eigenvalue weighted by Crippen LogP contribution is 2.29. The van der Waals surface area contributed by atoms with Gasteiger partial charge in [0.2, 0.25) is 5.91 Å². The van der Waals surface area contributed by atoms with Gasteiger partial charge in [-0.2, -0.15) is 9.61 Å². The molecule has 3 aromatic heterocycles. The summed E-state index contributed by atoms with van der Waals surface area (Å²) in [4.78, 5) is 25.4. The normalized spacial score (nSPS) is 11.1. The van der Waals surface area contributed by atoms with Gasteiger partial charge >= 0.3 is 0 Å². The number of rotatable bonds is 7. The van der Waals surface area contributed by atoms with Crippen LogP contribution in [0.5, 0.6) is 5.75 Å². The zero-order chi connectivity index (χ0) is 22.0. The Morgan fingerprint density at radius 2 is 2.03 bits per heavy atom. The molecular formula is C23H24N4O4. The van der Waals surface area contributed by atoms with E-state index in [1.54, 1.807) is 25.5 Å². The SMILES string of the molecule is COc1ccccc1-c1cc2n(C)c(C)c(CCC(=O)NCc3ccco3)c(=O)n2n1. The van der Waals surface area contributed by atoms with Crippen LogP contribution in [-0.2, 0) is 24.8 Å². The molecule has 0 saturated carbocycles. The number of aromatic nitrogens is 3. The van der Waals surface area contributed by atoms with E-state index in [0.29, 0.717) is 41.4 Å². The predicted octanol–water partition coefficient (Wildman–Crippen LogP) is 2.86. The Morgan fingerprint density at radius 1 is 1.23 bits per heavy atom. The number of amides is 1. The van der Waals surface area contributed by atoms with Crippen molar-refractivity contribution >= 4 is 11.6 Å². The Hall–Kier alpha value is -3.81. The number of hydrogen-bond donors (Lipinski definition) is 1. The van der Waals surface area contributed by atoms with Crippen molar-refractivity contribution < 1.29 is 13.9 Å². The van der Waals surface area contributed by atoms with Gasteiger partial charge in [0.15, 0.2) is 0 Å². The molecule has 1 aromatic carbocycles. The topological polar surface area (TPSA) is 90.8 Å². The molecule has 1 amide bonds. The highest BCUT2D eigenvalue weighted by atomic mass is 16.5. The van der Waals surface area contributed by atoms with Gasteiger partial charge in [-0.3, -0.25) is 9.59 Å². The monoisotopic (exact) mass is 420 g/mol. The lowest BCUT2D eigenvalue weighted by atomic mass is 10.1. The number of nitrogens with one attached hydrogen (secondary N) is 1. The molecule has 8 nitrogen and oxygen atoms in total. The maximum atomic E-state index is 13.2. The Balaban J connectivity index is 1.61. The molecule has 4 aromatic rings.